The maximum Gasteiger partial charge on any atom is 0.218 e. The van der Waals surface area contributed by atoms with Gasteiger partial charge in [-0.15, -0.1) is 0 Å². The molecular weight excluding hydrogens is 288 g/mol. The van der Waals surface area contributed by atoms with Gasteiger partial charge in [-0.05, 0) is 24.6 Å². The molecule has 118 valence electrons. The fourth-order valence-electron chi connectivity index (χ4n) is 2.44. The maximum atomic E-state index is 12.5. The van der Waals surface area contributed by atoms with Crippen LogP contribution in [0.4, 0.5) is 0 Å². The van der Waals surface area contributed by atoms with Crippen molar-refractivity contribution in [2.45, 2.75) is 32.2 Å². The molecule has 1 aromatic rings. The summed E-state index contributed by atoms with van der Waals surface area (Å²) in [7, 11) is -3.27. The Morgan fingerprint density at radius 3 is 2.86 bits per heavy atom. The molecular formula is C15H24N2O3S. The van der Waals surface area contributed by atoms with Gasteiger partial charge >= 0.3 is 0 Å². The Labute approximate surface area is 127 Å². The zero-order chi connectivity index (χ0) is 15.3. The van der Waals surface area contributed by atoms with Crippen LogP contribution in [0.5, 0.6) is 0 Å². The first-order valence-corrected chi connectivity index (χ1v) is 9.00. The molecule has 1 aliphatic rings. The van der Waals surface area contributed by atoms with E-state index in [-0.39, 0.29) is 11.9 Å². The van der Waals surface area contributed by atoms with E-state index in [2.05, 4.69) is 5.32 Å². The van der Waals surface area contributed by atoms with Gasteiger partial charge in [-0.3, -0.25) is 0 Å². The lowest BCUT2D eigenvalue weighted by Gasteiger charge is -2.30. The van der Waals surface area contributed by atoms with Crippen molar-refractivity contribution in [1.82, 2.24) is 9.62 Å². The zero-order valence-corrected chi connectivity index (χ0v) is 13.5. The van der Waals surface area contributed by atoms with E-state index in [1.807, 2.05) is 38.1 Å². The molecule has 1 unspecified atom stereocenters. The van der Waals surface area contributed by atoms with Crippen LogP contribution in [0.25, 0.3) is 0 Å². The molecule has 1 fully saturated rings. The van der Waals surface area contributed by atoms with Crippen molar-refractivity contribution in [3.05, 3.63) is 35.4 Å². The number of hydrogen-bond donors (Lipinski definition) is 1. The molecule has 0 bridgehead atoms. The molecule has 0 amide bonds. The first-order chi connectivity index (χ1) is 10.0. The number of ether oxygens (including phenoxy) is 1. The predicted octanol–water partition coefficient (Wildman–Crippen LogP) is 1.35. The van der Waals surface area contributed by atoms with Gasteiger partial charge in [-0.25, -0.2) is 8.42 Å². The topological polar surface area (TPSA) is 58.6 Å². The molecule has 2 rings (SSSR count). The zero-order valence-electron chi connectivity index (χ0n) is 12.7. The molecule has 1 saturated heterocycles. The average molecular weight is 312 g/mol. The van der Waals surface area contributed by atoms with Gasteiger partial charge in [0.1, 0.15) is 0 Å². The second-order valence-electron chi connectivity index (χ2n) is 5.40. The number of benzene rings is 1. The number of sulfonamides is 1. The minimum absolute atomic E-state index is 0.0337. The second kappa shape index (κ2) is 7.35. The van der Waals surface area contributed by atoms with Gasteiger partial charge < -0.3 is 10.1 Å². The van der Waals surface area contributed by atoms with E-state index in [1.165, 1.54) is 4.31 Å². The van der Waals surface area contributed by atoms with Crippen LogP contribution in [0.2, 0.25) is 0 Å². The number of morpholine rings is 1. The summed E-state index contributed by atoms with van der Waals surface area (Å²) in [4.78, 5) is 0. The van der Waals surface area contributed by atoms with Gasteiger partial charge in [-0.1, -0.05) is 31.2 Å². The van der Waals surface area contributed by atoms with E-state index < -0.39 is 10.0 Å². The van der Waals surface area contributed by atoms with Crippen molar-refractivity contribution in [1.29, 1.82) is 0 Å². The summed E-state index contributed by atoms with van der Waals surface area (Å²) in [5.74, 6) is 0.0552. The van der Waals surface area contributed by atoms with Crippen molar-refractivity contribution in [3.8, 4) is 0 Å². The van der Waals surface area contributed by atoms with Crippen LogP contribution in [0, 0.1) is 0 Å². The van der Waals surface area contributed by atoms with Gasteiger partial charge in [0.05, 0.1) is 18.5 Å². The van der Waals surface area contributed by atoms with Crippen molar-refractivity contribution in [2.24, 2.45) is 0 Å². The minimum Gasteiger partial charge on any atom is -0.376 e. The third-order valence-corrected chi connectivity index (χ3v) is 5.33. The number of nitrogens with zero attached hydrogens (tertiary/aromatic N) is 1. The molecule has 0 aromatic heterocycles. The molecule has 0 aliphatic carbocycles. The molecule has 1 aliphatic heterocycles. The van der Waals surface area contributed by atoms with E-state index >= 15 is 0 Å². The van der Waals surface area contributed by atoms with E-state index in [4.69, 9.17) is 4.74 Å². The van der Waals surface area contributed by atoms with Gasteiger partial charge in [0, 0.05) is 19.6 Å². The highest BCUT2D eigenvalue weighted by Crippen LogP contribution is 2.16. The van der Waals surface area contributed by atoms with Crippen LogP contribution in [0.1, 0.15) is 25.0 Å². The Morgan fingerprint density at radius 2 is 2.14 bits per heavy atom. The van der Waals surface area contributed by atoms with E-state index in [0.717, 1.165) is 24.2 Å². The lowest BCUT2D eigenvalue weighted by Crippen LogP contribution is -2.44. The Morgan fingerprint density at radius 1 is 1.38 bits per heavy atom. The molecule has 1 atom stereocenters. The smallest absolute Gasteiger partial charge is 0.218 e. The average Bonchev–Trinajstić information content (AvgIpc) is 2.45. The molecule has 1 heterocycles. The normalized spacial score (nSPS) is 20.6. The van der Waals surface area contributed by atoms with Crippen LogP contribution < -0.4 is 5.32 Å². The molecule has 0 radical (unpaired) electrons. The van der Waals surface area contributed by atoms with Crippen molar-refractivity contribution in [3.63, 3.8) is 0 Å². The third-order valence-electron chi connectivity index (χ3n) is 3.52. The van der Waals surface area contributed by atoms with Gasteiger partial charge in [0.25, 0.3) is 0 Å². The summed E-state index contributed by atoms with van der Waals surface area (Å²) in [6.45, 7) is 6.98. The van der Waals surface area contributed by atoms with E-state index in [1.54, 1.807) is 0 Å². The summed E-state index contributed by atoms with van der Waals surface area (Å²) in [6.07, 6.45) is -0.0337. The summed E-state index contributed by atoms with van der Waals surface area (Å²) in [5.41, 5.74) is 1.95. The van der Waals surface area contributed by atoms with Gasteiger partial charge in [0.15, 0.2) is 0 Å². The van der Waals surface area contributed by atoms with Gasteiger partial charge in [0.2, 0.25) is 10.0 Å². The summed E-state index contributed by atoms with van der Waals surface area (Å²) < 4.78 is 31.9. The largest absolute Gasteiger partial charge is 0.376 e. The number of hydrogen-bond acceptors (Lipinski definition) is 4. The monoisotopic (exact) mass is 312 g/mol. The number of nitrogens with one attached hydrogen (secondary N) is 1. The summed E-state index contributed by atoms with van der Waals surface area (Å²) in [5, 5.41) is 3.25. The molecule has 6 heteroatoms. The fourth-order valence-corrected chi connectivity index (χ4v) is 4.01. The highest BCUT2D eigenvalue weighted by Gasteiger charge is 2.27. The lowest BCUT2D eigenvalue weighted by atomic mass is 10.1. The molecule has 21 heavy (non-hydrogen) atoms. The van der Waals surface area contributed by atoms with Crippen LogP contribution >= 0.6 is 0 Å². The SMILES string of the molecule is CCNCc1cccc(CS(=O)(=O)N2CCOC(C)C2)c1. The summed E-state index contributed by atoms with van der Waals surface area (Å²) in [6, 6.07) is 7.76. The Bertz CT molecular complexity index is 560. The quantitative estimate of drug-likeness (QED) is 0.861. The first-order valence-electron chi connectivity index (χ1n) is 7.39. The predicted molar refractivity (Wildman–Crippen MR) is 83.4 cm³/mol. The van der Waals surface area contributed by atoms with Crippen LogP contribution in [-0.4, -0.2) is 45.1 Å². The van der Waals surface area contributed by atoms with Crippen molar-refractivity contribution in [2.75, 3.05) is 26.2 Å². The highest BCUT2D eigenvalue weighted by molar-refractivity contribution is 7.88. The van der Waals surface area contributed by atoms with Crippen molar-refractivity contribution >= 4 is 10.0 Å². The van der Waals surface area contributed by atoms with Gasteiger partial charge in [-0.2, -0.15) is 4.31 Å². The van der Waals surface area contributed by atoms with E-state index in [9.17, 15) is 8.42 Å². The molecule has 1 aromatic carbocycles. The molecule has 1 N–H and O–H groups in total. The lowest BCUT2D eigenvalue weighted by molar-refractivity contribution is 0.0101. The van der Waals surface area contributed by atoms with Crippen LogP contribution in [0.15, 0.2) is 24.3 Å². The second-order valence-corrected chi connectivity index (χ2v) is 7.36. The van der Waals surface area contributed by atoms with Crippen LogP contribution in [0.3, 0.4) is 0 Å². The minimum atomic E-state index is -3.27. The highest BCUT2D eigenvalue weighted by atomic mass is 32.2. The van der Waals surface area contributed by atoms with Crippen molar-refractivity contribution < 1.29 is 13.2 Å². The Hall–Kier alpha value is -0.950. The molecule has 0 spiro atoms. The standard InChI is InChI=1S/C15H24N2O3S/c1-3-16-10-14-5-4-6-15(9-14)12-21(18,19)17-7-8-20-13(2)11-17/h4-6,9,13,16H,3,7-8,10-12H2,1-2H3. The molecule has 0 saturated carbocycles. The first kappa shape index (κ1) is 16.4. The summed E-state index contributed by atoms with van der Waals surface area (Å²) >= 11 is 0. The Balaban J connectivity index is 2.05. The fraction of sp³-hybridized carbons (Fsp3) is 0.600. The Kier molecular flexibility index (Phi) is 5.75. The number of rotatable bonds is 6. The maximum absolute atomic E-state index is 12.5. The third kappa shape index (κ3) is 4.78. The van der Waals surface area contributed by atoms with E-state index in [0.29, 0.717) is 19.7 Å². The molecule has 5 nitrogen and oxygen atoms in total. The van der Waals surface area contributed by atoms with Crippen LogP contribution in [-0.2, 0) is 27.1 Å².